The molecule has 0 heterocycles. The number of carbonyl (C=O) groups excluding carboxylic acids is 1. The summed E-state index contributed by atoms with van der Waals surface area (Å²) in [4.78, 5) is 18.2. The number of hydrogen-bond donors (Lipinski definition) is 1. The van der Waals surface area contributed by atoms with E-state index >= 15 is 0 Å². The highest BCUT2D eigenvalue weighted by atomic mass is 79.9. The summed E-state index contributed by atoms with van der Waals surface area (Å²) in [6.07, 6.45) is 1.73. The number of hydrogen-bond acceptors (Lipinski definition) is 4. The van der Waals surface area contributed by atoms with E-state index in [0.29, 0.717) is 12.2 Å². The zero-order valence-electron chi connectivity index (χ0n) is 12.9. The average Bonchev–Trinajstić information content (AvgIpc) is 3.11. The molecule has 0 aromatic heterocycles. The van der Waals surface area contributed by atoms with Crippen molar-refractivity contribution in [3.63, 3.8) is 0 Å². The topological polar surface area (TPSA) is 67.9 Å². The molecule has 1 saturated carbocycles. The summed E-state index contributed by atoms with van der Waals surface area (Å²) in [6, 6.07) is 0.250. The molecule has 0 aliphatic heterocycles. The monoisotopic (exact) mass is 345 g/mol. The van der Waals surface area contributed by atoms with Crippen LogP contribution in [0.5, 0.6) is 0 Å². The molecular weight excluding hydrogens is 322 g/mol. The molecule has 0 aromatic carbocycles. The molecule has 1 aliphatic carbocycles. The molecule has 114 valence electrons. The summed E-state index contributed by atoms with van der Waals surface area (Å²) >= 11 is 3.42. The van der Waals surface area contributed by atoms with Gasteiger partial charge in [-0.15, -0.1) is 0 Å². The Morgan fingerprint density at radius 3 is 2.35 bits per heavy atom. The smallest absolute Gasteiger partial charge is 0.410 e. The van der Waals surface area contributed by atoms with E-state index in [9.17, 15) is 4.79 Å². The van der Waals surface area contributed by atoms with Gasteiger partial charge in [-0.2, -0.15) is 0 Å². The zero-order valence-corrected chi connectivity index (χ0v) is 14.5. The van der Waals surface area contributed by atoms with Gasteiger partial charge >= 0.3 is 6.09 Å². The van der Waals surface area contributed by atoms with E-state index in [0.717, 1.165) is 23.0 Å². The number of nitrogens with two attached hydrogens (primary N) is 1. The van der Waals surface area contributed by atoms with E-state index < -0.39 is 5.60 Å². The molecule has 6 heteroatoms. The van der Waals surface area contributed by atoms with Gasteiger partial charge in [-0.25, -0.2) is 4.79 Å². The summed E-state index contributed by atoms with van der Waals surface area (Å²) in [5.41, 5.74) is 6.68. The quantitative estimate of drug-likeness (QED) is 0.796. The molecule has 2 N–H and O–H groups in total. The number of nitrogens with zero attached hydrogens (tertiary/aromatic N) is 2. The molecule has 0 spiro atoms. The first kappa shape index (κ1) is 17.0. The van der Waals surface area contributed by atoms with E-state index in [4.69, 9.17) is 10.5 Å². The van der Waals surface area contributed by atoms with E-state index in [1.165, 1.54) is 0 Å². The standard InChI is InChI=1S/C14H24BrN3O2/c1-9(16)12(15)11(17-5)8-18(10-6-7-10)13(19)20-14(2,3)4/h10H,6-8,16H2,1-5H3. The average molecular weight is 346 g/mol. The molecule has 0 aromatic rings. The van der Waals surface area contributed by atoms with Crippen LogP contribution >= 0.6 is 15.9 Å². The molecule has 1 fully saturated rings. The van der Waals surface area contributed by atoms with Crippen LogP contribution in [0.15, 0.2) is 15.2 Å². The SMILES string of the molecule is CN=C(CN(C(=O)OC(C)(C)C)C1CC1)C(Br)=C(C)N. The summed E-state index contributed by atoms with van der Waals surface area (Å²) in [5.74, 6) is 0. The van der Waals surface area contributed by atoms with Gasteiger partial charge in [-0.3, -0.25) is 9.89 Å². The van der Waals surface area contributed by atoms with Gasteiger partial charge in [0.25, 0.3) is 0 Å². The number of ether oxygens (including phenoxy) is 1. The molecule has 1 rings (SSSR count). The third kappa shape index (κ3) is 5.15. The highest BCUT2D eigenvalue weighted by molar-refractivity contribution is 9.12. The normalized spacial score (nSPS) is 17.6. The number of amides is 1. The van der Waals surface area contributed by atoms with Crippen molar-refractivity contribution in [2.45, 2.75) is 52.2 Å². The molecule has 5 nitrogen and oxygen atoms in total. The minimum atomic E-state index is -0.495. The second-order valence-corrected chi connectivity index (χ2v) is 6.80. The van der Waals surface area contributed by atoms with E-state index in [1.54, 1.807) is 18.9 Å². The second kappa shape index (κ2) is 6.61. The van der Waals surface area contributed by atoms with E-state index in [2.05, 4.69) is 20.9 Å². The Balaban J connectivity index is 2.83. The predicted octanol–water partition coefficient (Wildman–Crippen LogP) is 3.04. The molecule has 0 radical (unpaired) electrons. The van der Waals surface area contributed by atoms with Crippen molar-refractivity contribution in [3.05, 3.63) is 10.2 Å². The van der Waals surface area contributed by atoms with Crippen molar-refractivity contribution in [1.29, 1.82) is 0 Å². The van der Waals surface area contributed by atoms with Crippen molar-refractivity contribution in [2.24, 2.45) is 10.7 Å². The first-order valence-electron chi connectivity index (χ1n) is 6.73. The lowest BCUT2D eigenvalue weighted by atomic mass is 10.2. The number of aliphatic imine (C=N–C) groups is 1. The van der Waals surface area contributed by atoms with Crippen LogP contribution in [0.2, 0.25) is 0 Å². The highest BCUT2D eigenvalue weighted by Crippen LogP contribution is 2.29. The zero-order chi connectivity index (χ0) is 15.5. The molecule has 0 bridgehead atoms. The van der Waals surface area contributed by atoms with Crippen LogP contribution in [-0.2, 0) is 4.74 Å². The molecule has 20 heavy (non-hydrogen) atoms. The minimum absolute atomic E-state index is 0.250. The third-order valence-corrected chi connectivity index (χ3v) is 3.89. The molecular formula is C14H24BrN3O2. The lowest BCUT2D eigenvalue weighted by molar-refractivity contribution is 0.0264. The van der Waals surface area contributed by atoms with Gasteiger partial charge in [0.1, 0.15) is 5.60 Å². The number of allylic oxidation sites excluding steroid dienone is 1. The predicted molar refractivity (Wildman–Crippen MR) is 85.1 cm³/mol. The van der Waals surface area contributed by atoms with E-state index in [-0.39, 0.29) is 12.1 Å². The van der Waals surface area contributed by atoms with Crippen molar-refractivity contribution in [2.75, 3.05) is 13.6 Å². The third-order valence-electron chi connectivity index (χ3n) is 2.81. The summed E-state index contributed by atoms with van der Waals surface area (Å²) in [6.45, 7) is 7.80. The van der Waals surface area contributed by atoms with Gasteiger partial charge in [0.15, 0.2) is 0 Å². The highest BCUT2D eigenvalue weighted by Gasteiger charge is 2.36. The molecule has 1 amide bonds. The Labute approximate surface area is 129 Å². The van der Waals surface area contributed by atoms with Crippen molar-refractivity contribution >= 4 is 27.7 Å². The van der Waals surface area contributed by atoms with Crippen molar-refractivity contribution < 1.29 is 9.53 Å². The fourth-order valence-corrected chi connectivity index (χ4v) is 1.98. The summed E-state index contributed by atoms with van der Waals surface area (Å²) < 4.78 is 6.20. The van der Waals surface area contributed by atoms with Crippen LogP contribution < -0.4 is 5.73 Å². The van der Waals surface area contributed by atoms with Crippen LogP contribution in [0.3, 0.4) is 0 Å². The Morgan fingerprint density at radius 2 is 2.00 bits per heavy atom. The molecule has 0 atom stereocenters. The largest absolute Gasteiger partial charge is 0.444 e. The van der Waals surface area contributed by atoms with Crippen LogP contribution in [0.4, 0.5) is 4.79 Å². The van der Waals surface area contributed by atoms with Gasteiger partial charge in [-0.05, 0) is 56.5 Å². The van der Waals surface area contributed by atoms with Crippen molar-refractivity contribution in [3.8, 4) is 0 Å². The maximum Gasteiger partial charge on any atom is 0.410 e. The lowest BCUT2D eigenvalue weighted by Crippen LogP contribution is -2.41. The molecule has 0 unspecified atom stereocenters. The first-order chi connectivity index (χ1) is 9.15. The van der Waals surface area contributed by atoms with Gasteiger partial charge < -0.3 is 10.5 Å². The maximum absolute atomic E-state index is 12.3. The van der Waals surface area contributed by atoms with Gasteiger partial charge in [0.2, 0.25) is 0 Å². The van der Waals surface area contributed by atoms with Crippen LogP contribution in [0.1, 0.15) is 40.5 Å². The van der Waals surface area contributed by atoms with Crippen LogP contribution in [0, 0.1) is 0 Å². The number of halogens is 1. The van der Waals surface area contributed by atoms with Crippen molar-refractivity contribution in [1.82, 2.24) is 4.90 Å². The Bertz CT molecular complexity index is 430. The van der Waals surface area contributed by atoms with Gasteiger partial charge in [0.05, 0.1) is 16.7 Å². The summed E-state index contributed by atoms with van der Waals surface area (Å²) in [7, 11) is 1.69. The fraction of sp³-hybridized carbons (Fsp3) is 0.714. The Kier molecular flexibility index (Phi) is 5.62. The summed E-state index contributed by atoms with van der Waals surface area (Å²) in [5, 5.41) is 0. The second-order valence-electron chi connectivity index (χ2n) is 6.01. The Hall–Kier alpha value is -1.04. The van der Waals surface area contributed by atoms with E-state index in [1.807, 2.05) is 20.8 Å². The number of carbonyl (C=O) groups is 1. The van der Waals surface area contributed by atoms with Crippen LogP contribution in [-0.4, -0.2) is 41.9 Å². The van der Waals surface area contributed by atoms with Gasteiger partial charge in [0, 0.05) is 18.8 Å². The van der Waals surface area contributed by atoms with Crippen LogP contribution in [0.25, 0.3) is 0 Å². The van der Waals surface area contributed by atoms with Gasteiger partial charge in [-0.1, -0.05) is 0 Å². The fourth-order valence-electron chi connectivity index (χ4n) is 1.68. The maximum atomic E-state index is 12.3. The molecule has 0 saturated heterocycles. The minimum Gasteiger partial charge on any atom is -0.444 e. The first-order valence-corrected chi connectivity index (χ1v) is 7.52. The Morgan fingerprint density at radius 1 is 1.45 bits per heavy atom. The molecule has 1 aliphatic rings. The lowest BCUT2D eigenvalue weighted by Gasteiger charge is -2.27. The number of rotatable bonds is 4.